The highest BCUT2D eigenvalue weighted by molar-refractivity contribution is 9.11. The standard InChI is InChI=1S/C14H15BrClN3OS/c15-12-4-3-10(21-12)5-6-17-13-11(16)7-18-19(14(13)20)8-9-1-2-9/h3-4,7,9,17H,1-2,5-6,8H2. The second-order valence-corrected chi connectivity index (χ2v) is 8.14. The van der Waals surface area contributed by atoms with Gasteiger partial charge in [-0.05, 0) is 53.2 Å². The molecule has 0 aliphatic heterocycles. The van der Waals surface area contributed by atoms with Crippen molar-refractivity contribution in [1.82, 2.24) is 9.78 Å². The van der Waals surface area contributed by atoms with Gasteiger partial charge in [0.15, 0.2) is 0 Å². The molecule has 0 unspecified atom stereocenters. The van der Waals surface area contributed by atoms with Crippen molar-refractivity contribution < 1.29 is 0 Å². The minimum Gasteiger partial charge on any atom is -0.379 e. The van der Waals surface area contributed by atoms with Gasteiger partial charge in [0.05, 0.1) is 15.0 Å². The van der Waals surface area contributed by atoms with Crippen molar-refractivity contribution in [3.63, 3.8) is 0 Å². The lowest BCUT2D eigenvalue weighted by Crippen LogP contribution is -2.27. The van der Waals surface area contributed by atoms with Crippen LogP contribution in [0.3, 0.4) is 0 Å². The summed E-state index contributed by atoms with van der Waals surface area (Å²) in [5.74, 6) is 0.604. The van der Waals surface area contributed by atoms with Crippen LogP contribution in [0.25, 0.3) is 0 Å². The lowest BCUT2D eigenvalue weighted by atomic mass is 10.3. The molecule has 0 atom stereocenters. The molecule has 3 rings (SSSR count). The molecule has 0 aromatic carbocycles. The Hall–Kier alpha value is -0.850. The predicted octanol–water partition coefficient (Wildman–Crippen LogP) is 3.79. The molecule has 2 heterocycles. The highest BCUT2D eigenvalue weighted by Crippen LogP contribution is 2.30. The van der Waals surface area contributed by atoms with Gasteiger partial charge < -0.3 is 5.32 Å². The highest BCUT2D eigenvalue weighted by Gasteiger charge is 2.23. The van der Waals surface area contributed by atoms with E-state index in [-0.39, 0.29) is 5.56 Å². The molecule has 0 amide bonds. The number of aromatic nitrogens is 2. The van der Waals surface area contributed by atoms with E-state index < -0.39 is 0 Å². The number of hydrogen-bond acceptors (Lipinski definition) is 4. The molecule has 1 saturated carbocycles. The maximum Gasteiger partial charge on any atom is 0.291 e. The molecule has 1 fully saturated rings. The molecule has 0 bridgehead atoms. The van der Waals surface area contributed by atoms with Gasteiger partial charge in [-0.15, -0.1) is 11.3 Å². The fraction of sp³-hybridized carbons (Fsp3) is 0.429. The van der Waals surface area contributed by atoms with E-state index in [1.54, 1.807) is 17.5 Å². The molecule has 7 heteroatoms. The number of halogens is 2. The van der Waals surface area contributed by atoms with Crippen molar-refractivity contribution >= 4 is 44.6 Å². The summed E-state index contributed by atoms with van der Waals surface area (Å²) in [6, 6.07) is 4.11. The van der Waals surface area contributed by atoms with Gasteiger partial charge in [-0.2, -0.15) is 5.10 Å². The van der Waals surface area contributed by atoms with Gasteiger partial charge in [-0.1, -0.05) is 11.6 Å². The predicted molar refractivity (Wildman–Crippen MR) is 90.4 cm³/mol. The first-order valence-corrected chi connectivity index (χ1v) is 8.86. The van der Waals surface area contributed by atoms with Gasteiger partial charge in [0.1, 0.15) is 5.69 Å². The van der Waals surface area contributed by atoms with Gasteiger partial charge in [0.25, 0.3) is 5.56 Å². The average molecular weight is 389 g/mol. The summed E-state index contributed by atoms with van der Waals surface area (Å²) >= 11 is 11.2. The largest absolute Gasteiger partial charge is 0.379 e. The number of nitrogens with zero attached hydrogens (tertiary/aromatic N) is 2. The third kappa shape index (κ3) is 3.87. The topological polar surface area (TPSA) is 46.9 Å². The maximum absolute atomic E-state index is 12.3. The molecule has 2 aromatic heterocycles. The molecule has 0 radical (unpaired) electrons. The van der Waals surface area contributed by atoms with E-state index in [9.17, 15) is 4.79 Å². The fourth-order valence-electron chi connectivity index (χ4n) is 2.10. The molecule has 2 aromatic rings. The van der Waals surface area contributed by atoms with Gasteiger partial charge >= 0.3 is 0 Å². The van der Waals surface area contributed by atoms with Gasteiger partial charge in [-0.25, -0.2) is 4.68 Å². The Morgan fingerprint density at radius 1 is 1.48 bits per heavy atom. The SMILES string of the molecule is O=c1c(NCCc2ccc(Br)s2)c(Cl)cnn1CC1CC1. The second-order valence-electron chi connectivity index (χ2n) is 5.18. The molecular formula is C14H15BrClN3OS. The van der Waals surface area contributed by atoms with Crippen LogP contribution in [0.5, 0.6) is 0 Å². The lowest BCUT2D eigenvalue weighted by Gasteiger charge is -2.10. The van der Waals surface area contributed by atoms with E-state index in [1.165, 1.54) is 22.4 Å². The molecule has 0 saturated heterocycles. The van der Waals surface area contributed by atoms with Gasteiger partial charge in [-0.3, -0.25) is 4.79 Å². The Bertz CT molecular complexity index is 696. The Labute approximate surface area is 140 Å². The monoisotopic (exact) mass is 387 g/mol. The molecule has 112 valence electrons. The highest BCUT2D eigenvalue weighted by atomic mass is 79.9. The third-order valence-electron chi connectivity index (χ3n) is 3.43. The Balaban J connectivity index is 1.67. The van der Waals surface area contributed by atoms with Crippen molar-refractivity contribution in [2.45, 2.75) is 25.8 Å². The minimum atomic E-state index is -0.123. The Morgan fingerprint density at radius 2 is 2.29 bits per heavy atom. The zero-order valence-electron chi connectivity index (χ0n) is 11.3. The van der Waals surface area contributed by atoms with Crippen molar-refractivity contribution in [2.24, 2.45) is 5.92 Å². The maximum atomic E-state index is 12.3. The first-order chi connectivity index (χ1) is 10.1. The van der Waals surface area contributed by atoms with Crippen LogP contribution in [0.1, 0.15) is 17.7 Å². The third-order valence-corrected chi connectivity index (χ3v) is 5.40. The summed E-state index contributed by atoms with van der Waals surface area (Å²) in [6.07, 6.45) is 4.78. The Kier molecular flexibility index (Phi) is 4.66. The number of hydrogen-bond donors (Lipinski definition) is 1. The van der Waals surface area contributed by atoms with Crippen molar-refractivity contribution in [2.75, 3.05) is 11.9 Å². The molecule has 1 aliphatic carbocycles. The van der Waals surface area contributed by atoms with Crippen LogP contribution < -0.4 is 10.9 Å². The number of thiophene rings is 1. The number of nitrogens with one attached hydrogen (secondary N) is 1. The molecule has 0 spiro atoms. The lowest BCUT2D eigenvalue weighted by molar-refractivity contribution is 0.534. The van der Waals surface area contributed by atoms with Crippen LogP contribution in [0, 0.1) is 5.92 Å². The number of anilines is 1. The fourth-order valence-corrected chi connectivity index (χ4v) is 3.77. The average Bonchev–Trinajstić information content (AvgIpc) is 3.18. The van der Waals surface area contributed by atoms with Crippen LogP contribution in [0.2, 0.25) is 5.02 Å². The van der Waals surface area contributed by atoms with Crippen LogP contribution in [0.15, 0.2) is 26.9 Å². The summed E-state index contributed by atoms with van der Waals surface area (Å²) in [7, 11) is 0. The molecule has 1 aliphatic rings. The summed E-state index contributed by atoms with van der Waals surface area (Å²) in [5, 5.41) is 7.66. The molecule has 4 nitrogen and oxygen atoms in total. The van der Waals surface area contributed by atoms with E-state index in [1.807, 2.05) is 6.07 Å². The summed E-state index contributed by atoms with van der Waals surface area (Å²) < 4.78 is 2.64. The zero-order chi connectivity index (χ0) is 14.8. The zero-order valence-corrected chi connectivity index (χ0v) is 14.5. The molecule has 1 N–H and O–H groups in total. The summed E-state index contributed by atoms with van der Waals surface area (Å²) in [5.41, 5.74) is 0.338. The van der Waals surface area contributed by atoms with E-state index in [0.717, 1.165) is 10.2 Å². The number of rotatable bonds is 6. The van der Waals surface area contributed by atoms with Crippen molar-refractivity contribution in [3.05, 3.63) is 42.4 Å². The van der Waals surface area contributed by atoms with Gasteiger partial charge in [0, 0.05) is 18.0 Å². The molecular weight excluding hydrogens is 374 g/mol. The first-order valence-electron chi connectivity index (χ1n) is 6.87. The van der Waals surface area contributed by atoms with E-state index in [2.05, 4.69) is 32.4 Å². The van der Waals surface area contributed by atoms with E-state index in [0.29, 0.717) is 29.7 Å². The normalized spacial score (nSPS) is 14.4. The quantitative estimate of drug-likeness (QED) is 0.819. The van der Waals surface area contributed by atoms with Crippen molar-refractivity contribution in [1.29, 1.82) is 0 Å². The van der Waals surface area contributed by atoms with E-state index >= 15 is 0 Å². The second kappa shape index (κ2) is 6.50. The van der Waals surface area contributed by atoms with Crippen LogP contribution >= 0.6 is 38.9 Å². The smallest absolute Gasteiger partial charge is 0.291 e. The van der Waals surface area contributed by atoms with Crippen LogP contribution in [-0.4, -0.2) is 16.3 Å². The van der Waals surface area contributed by atoms with Crippen molar-refractivity contribution in [3.8, 4) is 0 Å². The van der Waals surface area contributed by atoms with Crippen LogP contribution in [-0.2, 0) is 13.0 Å². The summed E-state index contributed by atoms with van der Waals surface area (Å²) in [6.45, 7) is 1.37. The van der Waals surface area contributed by atoms with E-state index in [4.69, 9.17) is 11.6 Å². The Morgan fingerprint density at radius 3 is 2.95 bits per heavy atom. The van der Waals surface area contributed by atoms with Gasteiger partial charge in [0.2, 0.25) is 0 Å². The summed E-state index contributed by atoms with van der Waals surface area (Å²) in [4.78, 5) is 13.6. The molecule has 21 heavy (non-hydrogen) atoms. The first kappa shape index (κ1) is 15.1. The minimum absolute atomic E-state index is 0.123. The van der Waals surface area contributed by atoms with Crippen LogP contribution in [0.4, 0.5) is 5.69 Å².